The molecule has 5 nitrogen and oxygen atoms in total. The van der Waals surface area contributed by atoms with E-state index in [1.54, 1.807) is 24.3 Å². The summed E-state index contributed by atoms with van der Waals surface area (Å²) in [6.07, 6.45) is 0.646. The lowest BCUT2D eigenvalue weighted by Gasteiger charge is -2.09. The van der Waals surface area contributed by atoms with E-state index in [0.29, 0.717) is 17.9 Å². The summed E-state index contributed by atoms with van der Waals surface area (Å²) in [5.41, 5.74) is 1.18. The molecule has 0 saturated heterocycles. The molecule has 2 N–H and O–H groups in total. The third-order valence-electron chi connectivity index (χ3n) is 3.07. The Balaban J connectivity index is 1.99. The van der Waals surface area contributed by atoms with Crippen molar-refractivity contribution >= 4 is 17.6 Å². The van der Waals surface area contributed by atoms with Crippen molar-refractivity contribution in [1.82, 2.24) is 0 Å². The molecule has 0 radical (unpaired) electrons. The van der Waals surface area contributed by atoms with E-state index in [1.807, 2.05) is 6.92 Å². The molecule has 1 aliphatic rings. The molecule has 2 unspecified atom stereocenters. The van der Waals surface area contributed by atoms with Gasteiger partial charge in [-0.25, -0.2) is 0 Å². The van der Waals surface area contributed by atoms with Crippen LogP contribution < -0.4 is 5.32 Å². The van der Waals surface area contributed by atoms with Gasteiger partial charge in [0.2, 0.25) is 5.91 Å². The number of rotatable bonds is 6. The Bertz CT molecular complexity index is 486. The van der Waals surface area contributed by atoms with Gasteiger partial charge in [-0.05, 0) is 25.0 Å². The van der Waals surface area contributed by atoms with E-state index >= 15 is 0 Å². The molecular weight excluding hydrogens is 246 g/mol. The minimum Gasteiger partial charge on any atom is -0.481 e. The Hall–Kier alpha value is -1.88. The van der Waals surface area contributed by atoms with E-state index in [9.17, 15) is 9.59 Å². The Morgan fingerprint density at radius 3 is 2.84 bits per heavy atom. The summed E-state index contributed by atoms with van der Waals surface area (Å²) < 4.78 is 5.36. The summed E-state index contributed by atoms with van der Waals surface area (Å²) in [7, 11) is 0. The molecule has 102 valence electrons. The molecule has 0 aromatic heterocycles. The maximum absolute atomic E-state index is 12.0. The predicted octanol–water partition coefficient (Wildman–Crippen LogP) is 1.68. The minimum atomic E-state index is -0.916. The van der Waals surface area contributed by atoms with Crippen LogP contribution in [0.3, 0.4) is 0 Å². The Kier molecular flexibility index (Phi) is 4.16. The van der Waals surface area contributed by atoms with Crippen LogP contribution >= 0.6 is 0 Å². The maximum atomic E-state index is 12.0. The Morgan fingerprint density at radius 2 is 2.16 bits per heavy atom. The number of hydrogen-bond acceptors (Lipinski definition) is 3. The highest BCUT2D eigenvalue weighted by atomic mass is 16.5. The lowest BCUT2D eigenvalue weighted by molar-refractivity contribution is -0.136. The van der Waals surface area contributed by atoms with Crippen LogP contribution in [0.2, 0.25) is 0 Å². The number of carbonyl (C=O) groups is 2. The first-order valence-corrected chi connectivity index (χ1v) is 6.34. The molecule has 19 heavy (non-hydrogen) atoms. The summed E-state index contributed by atoms with van der Waals surface area (Å²) in [4.78, 5) is 22.7. The van der Waals surface area contributed by atoms with Gasteiger partial charge < -0.3 is 15.2 Å². The van der Waals surface area contributed by atoms with Gasteiger partial charge in [0, 0.05) is 12.3 Å². The highest BCUT2D eigenvalue weighted by Gasteiger charge is 2.44. The summed E-state index contributed by atoms with van der Waals surface area (Å²) in [6, 6.07) is 6.95. The van der Waals surface area contributed by atoms with Gasteiger partial charge in [-0.3, -0.25) is 9.59 Å². The average Bonchev–Trinajstić information content (AvgIpc) is 3.11. The molecule has 1 aliphatic carbocycles. The third-order valence-corrected chi connectivity index (χ3v) is 3.07. The summed E-state index contributed by atoms with van der Waals surface area (Å²) >= 11 is 0. The van der Waals surface area contributed by atoms with Crippen molar-refractivity contribution in [2.24, 2.45) is 5.92 Å². The summed E-state index contributed by atoms with van der Waals surface area (Å²) in [5.74, 6) is -1.13. The summed E-state index contributed by atoms with van der Waals surface area (Å²) in [5, 5.41) is 11.6. The number of nitrogens with one attached hydrogen (secondary N) is 1. The van der Waals surface area contributed by atoms with Crippen molar-refractivity contribution in [1.29, 1.82) is 0 Å². The molecule has 1 aromatic carbocycles. The first kappa shape index (κ1) is 13.5. The smallest absolute Gasteiger partial charge is 0.307 e. The van der Waals surface area contributed by atoms with Crippen LogP contribution in [0.15, 0.2) is 24.3 Å². The fraction of sp³-hybridized carbons (Fsp3) is 0.429. The molecule has 2 atom stereocenters. The highest BCUT2D eigenvalue weighted by molar-refractivity contribution is 5.95. The molecule has 1 saturated carbocycles. The van der Waals surface area contributed by atoms with Gasteiger partial charge in [0.15, 0.2) is 0 Å². The standard InChI is InChI=1S/C14H17NO4/c1-2-19-12-8-10(12)14(18)15-11-6-4-3-5-9(11)7-13(16)17/h3-6,10,12H,2,7-8H2,1H3,(H,15,18)(H,16,17). The van der Waals surface area contributed by atoms with Gasteiger partial charge in [0.05, 0.1) is 18.4 Å². The largest absolute Gasteiger partial charge is 0.481 e. The molecule has 1 fully saturated rings. The number of benzene rings is 1. The van der Waals surface area contributed by atoms with Crippen molar-refractivity contribution in [2.75, 3.05) is 11.9 Å². The number of amides is 1. The summed E-state index contributed by atoms with van der Waals surface area (Å²) in [6.45, 7) is 2.50. The molecular formula is C14H17NO4. The van der Waals surface area contributed by atoms with Crippen LogP contribution in [0.5, 0.6) is 0 Å². The first-order chi connectivity index (χ1) is 9.11. The molecule has 0 bridgehead atoms. The highest BCUT2D eigenvalue weighted by Crippen LogP contribution is 2.35. The van der Waals surface area contributed by atoms with Crippen molar-refractivity contribution in [2.45, 2.75) is 25.9 Å². The second-order valence-corrected chi connectivity index (χ2v) is 4.55. The SMILES string of the molecule is CCOC1CC1C(=O)Nc1ccccc1CC(=O)O. The molecule has 2 rings (SSSR count). The van der Waals surface area contributed by atoms with Gasteiger partial charge >= 0.3 is 5.97 Å². The zero-order valence-electron chi connectivity index (χ0n) is 10.8. The fourth-order valence-electron chi connectivity index (χ4n) is 2.03. The van der Waals surface area contributed by atoms with Crippen molar-refractivity contribution in [3.05, 3.63) is 29.8 Å². The fourth-order valence-corrected chi connectivity index (χ4v) is 2.03. The number of para-hydroxylation sites is 1. The minimum absolute atomic E-state index is 0.0108. The van der Waals surface area contributed by atoms with Crippen LogP contribution in [0.4, 0.5) is 5.69 Å². The Labute approximate surface area is 111 Å². The van der Waals surface area contributed by atoms with E-state index in [2.05, 4.69) is 5.32 Å². The van der Waals surface area contributed by atoms with Crippen molar-refractivity contribution < 1.29 is 19.4 Å². The number of aliphatic carboxylic acids is 1. The van der Waals surface area contributed by atoms with E-state index in [1.165, 1.54) is 0 Å². The van der Waals surface area contributed by atoms with E-state index < -0.39 is 5.97 Å². The monoisotopic (exact) mass is 263 g/mol. The second-order valence-electron chi connectivity index (χ2n) is 4.55. The number of carbonyl (C=O) groups excluding carboxylic acids is 1. The van der Waals surface area contributed by atoms with Gasteiger partial charge in [0.1, 0.15) is 0 Å². The van der Waals surface area contributed by atoms with Crippen LogP contribution in [-0.4, -0.2) is 29.7 Å². The zero-order chi connectivity index (χ0) is 13.8. The van der Waals surface area contributed by atoms with E-state index in [4.69, 9.17) is 9.84 Å². The Morgan fingerprint density at radius 1 is 1.42 bits per heavy atom. The van der Waals surface area contributed by atoms with E-state index in [0.717, 1.165) is 6.42 Å². The number of carboxylic acids is 1. The first-order valence-electron chi connectivity index (χ1n) is 6.34. The van der Waals surface area contributed by atoms with Gasteiger partial charge in [-0.2, -0.15) is 0 Å². The quantitative estimate of drug-likeness (QED) is 0.818. The van der Waals surface area contributed by atoms with Gasteiger partial charge in [-0.15, -0.1) is 0 Å². The lowest BCUT2D eigenvalue weighted by Crippen LogP contribution is -2.18. The van der Waals surface area contributed by atoms with Crippen LogP contribution in [-0.2, 0) is 20.7 Å². The molecule has 5 heteroatoms. The second kappa shape index (κ2) is 5.84. The van der Waals surface area contributed by atoms with Crippen LogP contribution in [0, 0.1) is 5.92 Å². The number of carboxylic acid groups (broad SMARTS) is 1. The number of ether oxygens (including phenoxy) is 1. The van der Waals surface area contributed by atoms with Gasteiger partial charge in [0.25, 0.3) is 0 Å². The maximum Gasteiger partial charge on any atom is 0.307 e. The lowest BCUT2D eigenvalue weighted by atomic mass is 10.1. The molecule has 1 aromatic rings. The van der Waals surface area contributed by atoms with Gasteiger partial charge in [-0.1, -0.05) is 18.2 Å². The normalized spacial score (nSPS) is 20.9. The van der Waals surface area contributed by atoms with Crippen molar-refractivity contribution in [3.63, 3.8) is 0 Å². The van der Waals surface area contributed by atoms with Crippen LogP contribution in [0.25, 0.3) is 0 Å². The predicted molar refractivity (Wildman–Crippen MR) is 69.9 cm³/mol. The number of hydrogen-bond donors (Lipinski definition) is 2. The zero-order valence-corrected chi connectivity index (χ0v) is 10.8. The van der Waals surface area contributed by atoms with Crippen molar-refractivity contribution in [3.8, 4) is 0 Å². The van der Waals surface area contributed by atoms with E-state index in [-0.39, 0.29) is 24.3 Å². The molecule has 1 amide bonds. The number of anilines is 1. The topological polar surface area (TPSA) is 75.6 Å². The molecule has 0 heterocycles. The average molecular weight is 263 g/mol. The molecule has 0 spiro atoms. The van der Waals surface area contributed by atoms with Crippen LogP contribution in [0.1, 0.15) is 18.9 Å². The third kappa shape index (κ3) is 3.54. The molecule has 0 aliphatic heterocycles.